The highest BCUT2D eigenvalue weighted by Gasteiger charge is 2.05. The number of nitrogen functional groups attached to an aromatic ring is 1. The molecule has 6 heteroatoms. The lowest BCUT2D eigenvalue weighted by Crippen LogP contribution is -2.24. The molecule has 0 fully saturated rings. The molecule has 4 nitrogen and oxygen atoms in total. The van der Waals surface area contributed by atoms with E-state index >= 15 is 0 Å². The molecule has 2 aromatic rings. The minimum absolute atomic E-state index is 0.201. The third kappa shape index (κ3) is 5.39. The van der Waals surface area contributed by atoms with Gasteiger partial charge in [-0.25, -0.2) is 13.6 Å². The Morgan fingerprint density at radius 1 is 1.17 bits per heavy atom. The number of amides is 1. The molecule has 0 aliphatic heterocycles. The predicted molar refractivity (Wildman–Crippen MR) is 89.1 cm³/mol. The summed E-state index contributed by atoms with van der Waals surface area (Å²) in [6.07, 6.45) is 3.23. The second-order valence-electron chi connectivity index (χ2n) is 5.08. The van der Waals surface area contributed by atoms with E-state index in [4.69, 9.17) is 10.5 Å². The molecule has 0 saturated heterocycles. The lowest BCUT2D eigenvalue weighted by atomic mass is 10.1. The maximum absolute atomic E-state index is 13.3. The quantitative estimate of drug-likeness (QED) is 0.623. The largest absolute Gasteiger partial charge is 0.445 e. The molecule has 2 rings (SSSR count). The number of nitrogens with one attached hydrogen (secondary N) is 1. The van der Waals surface area contributed by atoms with E-state index in [1.807, 2.05) is 30.3 Å². The zero-order valence-electron chi connectivity index (χ0n) is 13.0. The Morgan fingerprint density at radius 2 is 1.83 bits per heavy atom. The molecule has 0 bridgehead atoms. The molecule has 0 saturated carbocycles. The maximum Gasteiger partial charge on any atom is 0.407 e. The lowest BCUT2D eigenvalue weighted by molar-refractivity contribution is 0.140. The summed E-state index contributed by atoms with van der Waals surface area (Å²) in [5.41, 5.74) is 5.97. The molecular formula is C18H18F2N2O2. The standard InChI is InChI=1S/C18H18F2N2O2/c19-15-10-14(11-16(20)17(15)21)8-4-5-9-22-18(23)24-12-13-6-2-1-3-7-13/h1-4,6-8,10-11H,5,9,12,21H2,(H,22,23). The van der Waals surface area contributed by atoms with E-state index < -0.39 is 23.4 Å². The summed E-state index contributed by atoms with van der Waals surface area (Å²) < 4.78 is 31.6. The zero-order chi connectivity index (χ0) is 17.4. The fourth-order valence-electron chi connectivity index (χ4n) is 1.95. The van der Waals surface area contributed by atoms with Gasteiger partial charge in [-0.15, -0.1) is 0 Å². The summed E-state index contributed by atoms with van der Waals surface area (Å²) >= 11 is 0. The lowest BCUT2D eigenvalue weighted by Gasteiger charge is -2.06. The number of anilines is 1. The third-order valence-corrected chi connectivity index (χ3v) is 3.20. The maximum atomic E-state index is 13.3. The van der Waals surface area contributed by atoms with Crippen molar-refractivity contribution in [1.29, 1.82) is 0 Å². The van der Waals surface area contributed by atoms with E-state index in [1.165, 1.54) is 0 Å². The Labute approximate surface area is 138 Å². The average Bonchev–Trinajstić information content (AvgIpc) is 2.58. The van der Waals surface area contributed by atoms with Gasteiger partial charge in [-0.2, -0.15) is 0 Å². The van der Waals surface area contributed by atoms with Crippen LogP contribution in [0.1, 0.15) is 17.5 Å². The second kappa shape index (κ2) is 8.67. The highest BCUT2D eigenvalue weighted by Crippen LogP contribution is 2.18. The van der Waals surface area contributed by atoms with Crippen molar-refractivity contribution in [2.24, 2.45) is 0 Å². The molecule has 0 heterocycles. The van der Waals surface area contributed by atoms with E-state index in [2.05, 4.69) is 5.32 Å². The van der Waals surface area contributed by atoms with Crippen LogP contribution in [0, 0.1) is 11.6 Å². The minimum Gasteiger partial charge on any atom is -0.445 e. The van der Waals surface area contributed by atoms with Gasteiger partial charge < -0.3 is 15.8 Å². The number of nitrogens with two attached hydrogens (primary N) is 1. The van der Waals surface area contributed by atoms with Crippen LogP contribution in [-0.4, -0.2) is 12.6 Å². The smallest absolute Gasteiger partial charge is 0.407 e. The van der Waals surface area contributed by atoms with Gasteiger partial charge >= 0.3 is 6.09 Å². The van der Waals surface area contributed by atoms with Crippen LogP contribution in [0.15, 0.2) is 48.5 Å². The van der Waals surface area contributed by atoms with E-state index in [9.17, 15) is 13.6 Å². The average molecular weight is 332 g/mol. The first-order valence-electron chi connectivity index (χ1n) is 7.42. The first-order chi connectivity index (χ1) is 11.6. The molecule has 3 N–H and O–H groups in total. The monoisotopic (exact) mass is 332 g/mol. The van der Waals surface area contributed by atoms with E-state index in [-0.39, 0.29) is 6.61 Å². The Bertz CT molecular complexity index is 695. The third-order valence-electron chi connectivity index (χ3n) is 3.20. The molecule has 24 heavy (non-hydrogen) atoms. The van der Waals surface area contributed by atoms with Crippen LogP contribution in [0.5, 0.6) is 0 Å². The molecule has 0 atom stereocenters. The van der Waals surface area contributed by atoms with Crippen molar-refractivity contribution in [3.05, 3.63) is 71.3 Å². The molecular weight excluding hydrogens is 314 g/mol. The fraction of sp³-hybridized carbons (Fsp3) is 0.167. The van der Waals surface area contributed by atoms with Gasteiger partial charge in [0.05, 0.1) is 0 Å². The van der Waals surface area contributed by atoms with Crippen molar-refractivity contribution < 1.29 is 18.3 Å². The number of halogens is 2. The van der Waals surface area contributed by atoms with Crippen LogP contribution < -0.4 is 11.1 Å². The molecule has 2 aromatic carbocycles. The highest BCUT2D eigenvalue weighted by molar-refractivity contribution is 5.67. The van der Waals surface area contributed by atoms with Gasteiger partial charge in [-0.3, -0.25) is 0 Å². The Hall–Kier alpha value is -2.89. The Morgan fingerprint density at radius 3 is 2.50 bits per heavy atom. The minimum atomic E-state index is -0.794. The van der Waals surface area contributed by atoms with Gasteiger partial charge in [0.2, 0.25) is 0 Å². The normalized spacial score (nSPS) is 10.8. The summed E-state index contributed by atoms with van der Waals surface area (Å²) in [5.74, 6) is -1.59. The number of hydrogen-bond donors (Lipinski definition) is 2. The SMILES string of the molecule is Nc1c(F)cc(C=CCCNC(=O)OCc2ccccc2)cc1F. The van der Waals surface area contributed by atoms with Crippen molar-refractivity contribution in [2.45, 2.75) is 13.0 Å². The molecule has 0 unspecified atom stereocenters. The zero-order valence-corrected chi connectivity index (χ0v) is 13.0. The van der Waals surface area contributed by atoms with Crippen LogP contribution in [-0.2, 0) is 11.3 Å². The summed E-state index contributed by atoms with van der Waals surface area (Å²) in [4.78, 5) is 11.5. The Balaban J connectivity index is 1.69. The number of alkyl carbamates (subject to hydrolysis) is 1. The van der Waals surface area contributed by atoms with Crippen molar-refractivity contribution in [3.8, 4) is 0 Å². The second-order valence-corrected chi connectivity index (χ2v) is 5.08. The highest BCUT2D eigenvalue weighted by atomic mass is 19.1. The van der Waals surface area contributed by atoms with Crippen molar-refractivity contribution in [3.63, 3.8) is 0 Å². The van der Waals surface area contributed by atoms with E-state index in [1.54, 1.807) is 12.2 Å². The van der Waals surface area contributed by atoms with Gasteiger partial charge in [0.15, 0.2) is 0 Å². The van der Waals surface area contributed by atoms with Crippen molar-refractivity contribution in [2.75, 3.05) is 12.3 Å². The van der Waals surface area contributed by atoms with Crippen LogP contribution in [0.2, 0.25) is 0 Å². The van der Waals surface area contributed by atoms with Crippen LogP contribution >= 0.6 is 0 Å². The molecule has 0 aliphatic carbocycles. The molecule has 0 radical (unpaired) electrons. The van der Waals surface area contributed by atoms with Crippen molar-refractivity contribution >= 4 is 17.9 Å². The van der Waals surface area contributed by atoms with Crippen molar-refractivity contribution in [1.82, 2.24) is 5.32 Å². The molecule has 0 aliphatic rings. The number of benzene rings is 2. The summed E-state index contributed by atoms with van der Waals surface area (Å²) in [7, 11) is 0. The van der Waals surface area contributed by atoms with Gasteiger partial charge in [0.25, 0.3) is 0 Å². The number of carbonyl (C=O) groups is 1. The first-order valence-corrected chi connectivity index (χ1v) is 7.42. The van der Waals surface area contributed by atoms with Gasteiger partial charge in [0, 0.05) is 6.54 Å². The molecule has 1 amide bonds. The van der Waals surface area contributed by atoms with Gasteiger partial charge in [-0.1, -0.05) is 42.5 Å². The summed E-state index contributed by atoms with van der Waals surface area (Å²) in [5, 5.41) is 2.59. The topological polar surface area (TPSA) is 64.3 Å². The molecule has 0 aromatic heterocycles. The number of ether oxygens (including phenoxy) is 1. The molecule has 0 spiro atoms. The number of hydrogen-bond acceptors (Lipinski definition) is 3. The number of rotatable bonds is 6. The van der Waals surface area contributed by atoms with Crippen LogP contribution in [0.4, 0.5) is 19.3 Å². The van der Waals surface area contributed by atoms with E-state index in [0.717, 1.165) is 17.7 Å². The van der Waals surface area contributed by atoms with Crippen LogP contribution in [0.25, 0.3) is 6.08 Å². The fourth-order valence-corrected chi connectivity index (χ4v) is 1.95. The summed E-state index contributed by atoms with van der Waals surface area (Å²) in [6.45, 7) is 0.552. The number of carbonyl (C=O) groups excluding carboxylic acids is 1. The first kappa shape index (κ1) is 17.5. The molecule has 126 valence electrons. The summed E-state index contributed by atoms with van der Waals surface area (Å²) in [6, 6.07) is 11.6. The van der Waals surface area contributed by atoms with Crippen LogP contribution in [0.3, 0.4) is 0 Å². The predicted octanol–water partition coefficient (Wildman–Crippen LogP) is 3.88. The van der Waals surface area contributed by atoms with Gasteiger partial charge in [-0.05, 0) is 29.7 Å². The Kier molecular flexibility index (Phi) is 6.31. The van der Waals surface area contributed by atoms with E-state index in [0.29, 0.717) is 18.5 Å². The van der Waals surface area contributed by atoms with Gasteiger partial charge in [0.1, 0.15) is 23.9 Å².